The molecule has 1 aromatic rings. The van der Waals surface area contributed by atoms with Crippen LogP contribution in [0.1, 0.15) is 48.2 Å². The van der Waals surface area contributed by atoms with Crippen molar-refractivity contribution >= 4 is 15.9 Å². The minimum atomic E-state index is -4.08. The van der Waals surface area contributed by atoms with Crippen LogP contribution < -0.4 is 0 Å². The number of hydrogen-bond acceptors (Lipinski definition) is 0. The number of halogens is 4. The molecule has 0 aliphatic carbocycles. The highest BCUT2D eigenvalue weighted by atomic mass is 79.9. The van der Waals surface area contributed by atoms with Crippen LogP contribution in [-0.4, -0.2) is 6.18 Å². The van der Waals surface area contributed by atoms with Crippen molar-refractivity contribution in [1.82, 2.24) is 0 Å². The van der Waals surface area contributed by atoms with Gasteiger partial charge in [-0.2, -0.15) is 13.2 Å². The summed E-state index contributed by atoms with van der Waals surface area (Å²) in [4.78, 5) is -0.227. The molecule has 1 rings (SSSR count). The topological polar surface area (TPSA) is 0 Å². The summed E-state index contributed by atoms with van der Waals surface area (Å²) in [6, 6.07) is 5.97. The Morgan fingerprint density at radius 3 is 2.22 bits per heavy atom. The Hall–Kier alpha value is -0.510. The molecule has 0 heterocycles. The van der Waals surface area contributed by atoms with Gasteiger partial charge in [0, 0.05) is 11.2 Å². The summed E-state index contributed by atoms with van der Waals surface area (Å²) in [5.74, 6) is 0. The lowest BCUT2D eigenvalue weighted by atomic mass is 9.97. The van der Waals surface area contributed by atoms with Crippen LogP contribution in [0.5, 0.6) is 0 Å². The summed E-state index contributed by atoms with van der Waals surface area (Å²) in [5.41, 5.74) is 3.44. The molecule has 0 nitrogen and oxygen atoms in total. The number of hydrogen-bond donors (Lipinski definition) is 0. The average Bonchev–Trinajstić information content (AvgIpc) is 2.34. The van der Waals surface area contributed by atoms with Gasteiger partial charge in [0.05, 0.1) is 0 Å². The third kappa shape index (κ3) is 4.63. The second-order valence-electron chi connectivity index (χ2n) is 4.36. The smallest absolute Gasteiger partial charge is 0.171 e. The van der Waals surface area contributed by atoms with Crippen LogP contribution in [0.4, 0.5) is 13.2 Å². The molecule has 102 valence electrons. The van der Waals surface area contributed by atoms with E-state index in [0.717, 1.165) is 18.4 Å². The van der Waals surface area contributed by atoms with E-state index in [4.69, 9.17) is 0 Å². The largest absolute Gasteiger partial charge is 0.389 e. The fourth-order valence-electron chi connectivity index (χ4n) is 1.97. The quantitative estimate of drug-likeness (QED) is 0.620. The zero-order valence-corrected chi connectivity index (χ0v) is 12.2. The van der Waals surface area contributed by atoms with Gasteiger partial charge in [0.25, 0.3) is 0 Å². The van der Waals surface area contributed by atoms with Crippen LogP contribution in [0.15, 0.2) is 18.2 Å². The zero-order chi connectivity index (χ0) is 13.8. The highest BCUT2D eigenvalue weighted by Gasteiger charge is 2.28. The second kappa shape index (κ2) is 6.60. The summed E-state index contributed by atoms with van der Waals surface area (Å²) in [7, 11) is 0. The van der Waals surface area contributed by atoms with E-state index in [2.05, 4.69) is 29.8 Å². The normalized spacial score (nSPS) is 13.7. The first-order chi connectivity index (χ1) is 8.37. The highest BCUT2D eigenvalue weighted by molar-refractivity contribution is 9.09. The second-order valence-corrected chi connectivity index (χ2v) is 5.46. The summed E-state index contributed by atoms with van der Waals surface area (Å²) in [6.45, 7) is 4.15. The minimum absolute atomic E-state index is 0.0815. The SMILES string of the molecule is CCc1ccc(C(Br)CCC(F)(F)F)cc1CC. The molecule has 18 heavy (non-hydrogen) atoms. The maximum absolute atomic E-state index is 12.2. The maximum Gasteiger partial charge on any atom is 0.389 e. The van der Waals surface area contributed by atoms with E-state index >= 15 is 0 Å². The predicted molar refractivity (Wildman–Crippen MR) is 72.2 cm³/mol. The van der Waals surface area contributed by atoms with Crippen LogP contribution >= 0.6 is 15.9 Å². The van der Waals surface area contributed by atoms with Crippen molar-refractivity contribution in [2.45, 2.75) is 50.5 Å². The Labute approximate surface area is 115 Å². The Balaban J connectivity index is 2.77. The monoisotopic (exact) mass is 322 g/mol. The average molecular weight is 323 g/mol. The number of alkyl halides is 4. The summed E-state index contributed by atoms with van der Waals surface area (Å²) >= 11 is 3.35. The van der Waals surface area contributed by atoms with Gasteiger partial charge in [-0.1, -0.05) is 48.0 Å². The molecule has 0 radical (unpaired) electrons. The molecule has 0 saturated carbocycles. The first-order valence-electron chi connectivity index (χ1n) is 6.19. The molecule has 0 amide bonds. The van der Waals surface area contributed by atoms with E-state index in [1.54, 1.807) is 0 Å². The minimum Gasteiger partial charge on any atom is -0.171 e. The fraction of sp³-hybridized carbons (Fsp3) is 0.571. The molecule has 0 aliphatic heterocycles. The molecule has 0 N–H and O–H groups in total. The fourth-order valence-corrected chi connectivity index (χ4v) is 2.49. The molecule has 1 aromatic carbocycles. The summed E-state index contributed by atoms with van der Waals surface area (Å²) in [5, 5.41) is 0. The van der Waals surface area contributed by atoms with E-state index in [9.17, 15) is 13.2 Å². The third-order valence-electron chi connectivity index (χ3n) is 3.04. The zero-order valence-electron chi connectivity index (χ0n) is 10.6. The van der Waals surface area contributed by atoms with Crippen LogP contribution in [0.2, 0.25) is 0 Å². The molecule has 0 bridgehead atoms. The Morgan fingerprint density at radius 1 is 1.11 bits per heavy atom. The van der Waals surface area contributed by atoms with Crippen molar-refractivity contribution in [2.75, 3.05) is 0 Å². The van der Waals surface area contributed by atoms with Gasteiger partial charge < -0.3 is 0 Å². The van der Waals surface area contributed by atoms with Crippen LogP contribution in [-0.2, 0) is 12.8 Å². The number of benzene rings is 1. The molecule has 1 unspecified atom stereocenters. The number of rotatable bonds is 5. The molecular weight excluding hydrogens is 305 g/mol. The molecule has 4 heteroatoms. The van der Waals surface area contributed by atoms with E-state index in [-0.39, 0.29) is 11.2 Å². The van der Waals surface area contributed by atoms with E-state index in [1.165, 1.54) is 11.1 Å². The van der Waals surface area contributed by atoms with Gasteiger partial charge in [-0.15, -0.1) is 0 Å². The molecule has 0 spiro atoms. The highest BCUT2D eigenvalue weighted by Crippen LogP contribution is 2.33. The van der Waals surface area contributed by atoms with Gasteiger partial charge in [-0.05, 0) is 36.0 Å². The van der Waals surface area contributed by atoms with Gasteiger partial charge in [-0.25, -0.2) is 0 Å². The Morgan fingerprint density at radius 2 is 1.72 bits per heavy atom. The molecule has 0 fully saturated rings. The maximum atomic E-state index is 12.2. The Bertz CT molecular complexity index is 385. The van der Waals surface area contributed by atoms with E-state index < -0.39 is 12.6 Å². The van der Waals surface area contributed by atoms with Gasteiger partial charge in [0.1, 0.15) is 0 Å². The third-order valence-corrected chi connectivity index (χ3v) is 4.02. The molecule has 1 atom stereocenters. The van der Waals surface area contributed by atoms with E-state index in [1.807, 2.05) is 18.2 Å². The molecule has 0 saturated heterocycles. The number of aryl methyl sites for hydroxylation is 2. The van der Waals surface area contributed by atoms with Crippen LogP contribution in [0.3, 0.4) is 0 Å². The predicted octanol–water partition coefficient (Wildman–Crippen LogP) is 5.59. The molecule has 0 aliphatic rings. The Kier molecular flexibility index (Phi) is 5.70. The van der Waals surface area contributed by atoms with Gasteiger partial charge in [0.15, 0.2) is 0 Å². The lowest BCUT2D eigenvalue weighted by Gasteiger charge is -2.15. The molecule has 0 aromatic heterocycles. The lowest BCUT2D eigenvalue weighted by molar-refractivity contribution is -0.135. The van der Waals surface area contributed by atoms with Gasteiger partial charge in [0.2, 0.25) is 0 Å². The van der Waals surface area contributed by atoms with Gasteiger partial charge >= 0.3 is 6.18 Å². The van der Waals surface area contributed by atoms with Crippen molar-refractivity contribution in [1.29, 1.82) is 0 Å². The first-order valence-corrected chi connectivity index (χ1v) is 7.11. The van der Waals surface area contributed by atoms with Crippen molar-refractivity contribution < 1.29 is 13.2 Å². The summed E-state index contributed by atoms with van der Waals surface area (Å²) < 4.78 is 36.5. The van der Waals surface area contributed by atoms with Gasteiger partial charge in [-0.3, -0.25) is 0 Å². The van der Waals surface area contributed by atoms with Crippen LogP contribution in [0.25, 0.3) is 0 Å². The van der Waals surface area contributed by atoms with Crippen molar-refractivity contribution in [3.63, 3.8) is 0 Å². The summed E-state index contributed by atoms with van der Waals surface area (Å²) in [6.07, 6.45) is -2.88. The standard InChI is InChI=1S/C14H18BrF3/c1-3-10-5-6-12(9-11(10)4-2)13(15)7-8-14(16,17)18/h5-6,9,13H,3-4,7-8H2,1-2H3. The lowest BCUT2D eigenvalue weighted by Crippen LogP contribution is -2.08. The van der Waals surface area contributed by atoms with E-state index in [0.29, 0.717) is 0 Å². The van der Waals surface area contributed by atoms with Crippen molar-refractivity contribution in [2.24, 2.45) is 0 Å². The first kappa shape index (κ1) is 15.5. The van der Waals surface area contributed by atoms with Crippen LogP contribution in [0, 0.1) is 0 Å². The van der Waals surface area contributed by atoms with Crippen molar-refractivity contribution in [3.8, 4) is 0 Å². The molecular formula is C14H18BrF3. The van der Waals surface area contributed by atoms with Crippen molar-refractivity contribution in [3.05, 3.63) is 34.9 Å².